The number of hydrogen-bond acceptors (Lipinski definition) is 3. The first kappa shape index (κ1) is 28.5. The first-order valence-electron chi connectivity index (χ1n) is 18.5. The molecule has 251 valence electrons. The molecule has 1 radical (unpaired) electrons. The van der Waals surface area contributed by atoms with Crippen LogP contribution in [0.15, 0.2) is 89.6 Å². The molecule has 7 heteroatoms. The number of nitrogens with zero attached hydrogens (tertiary/aromatic N) is 2. The Morgan fingerprint density at radius 1 is 0.776 bits per heavy atom. The quantitative estimate of drug-likeness (QED) is 0.131. The molecule has 0 aliphatic rings. The molecule has 3 heterocycles. The number of aryl methyl sites for hydroxylation is 5. The van der Waals surface area contributed by atoms with Crippen molar-refractivity contribution >= 4 is 35.2 Å². The zero-order valence-corrected chi connectivity index (χ0v) is 31.4. The average Bonchev–Trinajstić information content (AvgIpc) is 3.46. The number of pyridine rings is 2. The fraction of sp³-hybridized carbons (Fsp3) is 0.190. The minimum Gasteiger partial charge on any atom is -0.500 e. The van der Waals surface area contributed by atoms with E-state index in [-0.39, 0.29) is 25.7 Å². The Morgan fingerprint density at radius 3 is 2.22 bits per heavy atom. The summed E-state index contributed by atoms with van der Waals surface area (Å²) in [5.41, 5.74) is 9.10. The zero-order valence-electron chi connectivity index (χ0n) is 34.0. The molecule has 3 aromatic heterocycles. The molecule has 3 nitrogen and oxygen atoms in total. The molecule has 0 saturated heterocycles. The van der Waals surface area contributed by atoms with E-state index >= 15 is 0 Å². The van der Waals surface area contributed by atoms with Gasteiger partial charge >= 0.3 is 0 Å². The second-order valence-electron chi connectivity index (χ2n) is 13.0. The van der Waals surface area contributed by atoms with Gasteiger partial charge in [-0.15, -0.1) is 47.5 Å². The van der Waals surface area contributed by atoms with E-state index in [1.807, 2.05) is 12.1 Å². The van der Waals surface area contributed by atoms with Crippen LogP contribution in [0.2, 0.25) is 19.6 Å². The van der Waals surface area contributed by atoms with Crippen molar-refractivity contribution in [1.29, 1.82) is 0 Å². The molecule has 0 aliphatic heterocycles. The molecule has 7 aromatic rings. The Morgan fingerprint density at radius 2 is 1.55 bits per heavy atom. The minimum atomic E-state index is -2.22. The van der Waals surface area contributed by atoms with Gasteiger partial charge in [-0.25, -0.2) is 4.39 Å². The molecule has 0 spiro atoms. The molecule has 7 rings (SSSR count). The molecule has 0 fully saturated rings. The van der Waals surface area contributed by atoms with E-state index in [4.69, 9.17) is 12.6 Å². The van der Waals surface area contributed by atoms with E-state index in [1.165, 1.54) is 53.1 Å². The molecule has 0 bridgehead atoms. The molecule has 0 N–H and O–H groups in total. The summed E-state index contributed by atoms with van der Waals surface area (Å²) >= 11 is 0. The summed E-state index contributed by atoms with van der Waals surface area (Å²) in [5, 5.41) is 1.65. The van der Waals surface area contributed by atoms with Crippen LogP contribution < -0.4 is 5.19 Å². The summed E-state index contributed by atoms with van der Waals surface area (Å²) in [5.74, 6) is -0.890. The minimum absolute atomic E-state index is 0. The SMILES string of the molecule is Cc1cc(C)c(-c2ccnc(-c3[c-]cc(F)c4c3oc3cc(F)ccc34)c2)c(C)c1.[2H]C([2H])([2H])c1c[c-]c(-c2cc(C([2H])([2H])[2H])c([Si](C)(C)C)cn2)cc1.[Ir]. The van der Waals surface area contributed by atoms with Crippen molar-refractivity contribution < 1.29 is 41.5 Å². The van der Waals surface area contributed by atoms with Gasteiger partial charge in [0.25, 0.3) is 0 Å². The van der Waals surface area contributed by atoms with E-state index in [0.717, 1.165) is 16.3 Å². The van der Waals surface area contributed by atoms with E-state index in [1.54, 1.807) is 24.5 Å². The topological polar surface area (TPSA) is 38.9 Å². The van der Waals surface area contributed by atoms with E-state index in [0.29, 0.717) is 50.0 Å². The van der Waals surface area contributed by atoms with Crippen LogP contribution >= 0.6 is 0 Å². The van der Waals surface area contributed by atoms with Crippen molar-refractivity contribution in [2.45, 2.75) is 54.1 Å². The monoisotopic (exact) mass is 851 g/mol. The van der Waals surface area contributed by atoms with Gasteiger partial charge in [-0.3, -0.25) is 4.39 Å². The Bertz CT molecular complexity index is 2500. The van der Waals surface area contributed by atoms with E-state index in [9.17, 15) is 8.78 Å². The van der Waals surface area contributed by atoms with Crippen molar-refractivity contribution in [3.8, 4) is 33.6 Å². The Hall–Kier alpha value is -4.29. The Labute approximate surface area is 310 Å². The first-order valence-corrected chi connectivity index (χ1v) is 19.0. The second kappa shape index (κ2) is 14.3. The smallest absolute Gasteiger partial charge is 0.126 e. The third-order valence-corrected chi connectivity index (χ3v) is 10.3. The van der Waals surface area contributed by atoms with Gasteiger partial charge in [0.05, 0.1) is 13.7 Å². The molecule has 0 saturated carbocycles. The fourth-order valence-electron chi connectivity index (χ4n) is 6.09. The van der Waals surface area contributed by atoms with Gasteiger partial charge in [-0.05, 0) is 90.0 Å². The largest absolute Gasteiger partial charge is 0.500 e. The molecular weight excluding hydrogens is 807 g/mol. The second-order valence-corrected chi connectivity index (χ2v) is 18.1. The maximum Gasteiger partial charge on any atom is 0.126 e. The molecule has 49 heavy (non-hydrogen) atoms. The van der Waals surface area contributed by atoms with Gasteiger partial charge in [0.1, 0.15) is 11.4 Å². The maximum absolute atomic E-state index is 14.6. The van der Waals surface area contributed by atoms with Crippen LogP contribution in [0.5, 0.6) is 0 Å². The number of rotatable bonds is 4. The Kier molecular flexibility index (Phi) is 8.32. The molecule has 0 aliphatic carbocycles. The average molecular weight is 851 g/mol. The molecular formula is C42H38F2IrN2OSi-2. The van der Waals surface area contributed by atoms with Crippen LogP contribution in [-0.4, -0.2) is 18.0 Å². The number of hydrogen-bond donors (Lipinski definition) is 0. The number of furan rings is 1. The van der Waals surface area contributed by atoms with Crippen LogP contribution in [-0.2, 0) is 20.1 Å². The summed E-state index contributed by atoms with van der Waals surface area (Å²) in [6, 6.07) is 25.6. The third-order valence-electron chi connectivity index (χ3n) is 8.24. The van der Waals surface area contributed by atoms with Crippen LogP contribution in [0, 0.1) is 58.2 Å². The van der Waals surface area contributed by atoms with Gasteiger partial charge in [-0.1, -0.05) is 67.4 Å². The normalized spacial score (nSPS) is 13.6. The predicted octanol–water partition coefficient (Wildman–Crippen LogP) is 11.0. The molecule has 0 amide bonds. The zero-order chi connectivity index (χ0) is 39.3. The van der Waals surface area contributed by atoms with Gasteiger partial charge in [0.15, 0.2) is 0 Å². The summed E-state index contributed by atoms with van der Waals surface area (Å²) in [6.07, 6.45) is 3.38. The van der Waals surface area contributed by atoms with Crippen molar-refractivity contribution in [3.05, 3.63) is 137 Å². The summed E-state index contributed by atoms with van der Waals surface area (Å²) < 4.78 is 79.7. The van der Waals surface area contributed by atoms with Crippen molar-refractivity contribution in [2.24, 2.45) is 0 Å². The molecule has 0 atom stereocenters. The molecule has 0 unspecified atom stereocenters. The first-order chi connectivity index (χ1) is 25.2. The van der Waals surface area contributed by atoms with E-state index < -0.39 is 33.4 Å². The van der Waals surface area contributed by atoms with Crippen LogP contribution in [0.25, 0.3) is 55.6 Å². The van der Waals surface area contributed by atoms with Crippen molar-refractivity contribution in [1.82, 2.24) is 9.97 Å². The number of fused-ring (bicyclic) bond motifs is 3. The predicted molar refractivity (Wildman–Crippen MR) is 196 cm³/mol. The maximum atomic E-state index is 14.6. The number of benzene rings is 4. The Balaban J connectivity index is 0.000000213. The summed E-state index contributed by atoms with van der Waals surface area (Å²) in [4.78, 5) is 8.89. The molecule has 4 aromatic carbocycles. The van der Waals surface area contributed by atoms with Gasteiger partial charge in [0.2, 0.25) is 0 Å². The number of aromatic nitrogens is 2. The van der Waals surface area contributed by atoms with Crippen LogP contribution in [0.4, 0.5) is 8.78 Å². The third kappa shape index (κ3) is 7.50. The van der Waals surface area contributed by atoms with Crippen molar-refractivity contribution in [2.75, 3.05) is 0 Å². The summed E-state index contributed by atoms with van der Waals surface area (Å²) in [7, 11) is -1.85. The van der Waals surface area contributed by atoms with Crippen LogP contribution in [0.1, 0.15) is 36.0 Å². The van der Waals surface area contributed by atoms with Gasteiger partial charge in [0, 0.05) is 58.0 Å². The number of halogens is 2. The summed E-state index contributed by atoms with van der Waals surface area (Å²) in [6.45, 7) is 8.09. The van der Waals surface area contributed by atoms with Gasteiger partial charge in [-0.2, -0.15) is 0 Å². The fourth-order valence-corrected chi connectivity index (χ4v) is 7.42. The van der Waals surface area contributed by atoms with E-state index in [2.05, 4.69) is 74.6 Å². The van der Waals surface area contributed by atoms with Gasteiger partial charge < -0.3 is 14.4 Å². The van der Waals surface area contributed by atoms with Crippen molar-refractivity contribution in [3.63, 3.8) is 0 Å². The standard InChI is InChI=1S/C26H18F2NO.C16H20NSi.Ir/c1-14-10-15(2)24(16(3)11-14)17-8-9-29-22(12-17)19-6-7-21(28)25-20-5-4-18(27)13-23(20)30-26(19)25;1-12-6-8-14(9-7-12)15-10-13(2)16(11-17-15)18(3,4)5;/h4-5,7-13H,1-3H3;6-8,10-11H,1-5H3;/q2*-1;/i;1D3,2D3;. The van der Waals surface area contributed by atoms with Crippen LogP contribution in [0.3, 0.4) is 0 Å².